The van der Waals surface area contributed by atoms with Crippen molar-refractivity contribution in [1.82, 2.24) is 9.97 Å². The van der Waals surface area contributed by atoms with Gasteiger partial charge in [0.15, 0.2) is 5.15 Å². The molecule has 0 aliphatic heterocycles. The minimum absolute atomic E-state index is 0.267. The van der Waals surface area contributed by atoms with Gasteiger partial charge in [-0.3, -0.25) is 0 Å². The van der Waals surface area contributed by atoms with Crippen molar-refractivity contribution in [3.05, 3.63) is 44.2 Å². The third kappa shape index (κ3) is 3.22. The second-order valence-corrected chi connectivity index (χ2v) is 5.01. The molecule has 7 heteroatoms. The molecular weight excluding hydrogens is 350 g/mol. The van der Waals surface area contributed by atoms with Gasteiger partial charge in [-0.05, 0) is 34.1 Å². The molecule has 0 aliphatic carbocycles. The monoisotopic (exact) mass is 352 g/mol. The number of rotatable bonds is 2. The fraction of sp³-hybridized carbons (Fsp3) is 0. The van der Waals surface area contributed by atoms with Crippen molar-refractivity contribution in [3.63, 3.8) is 0 Å². The van der Waals surface area contributed by atoms with E-state index in [0.29, 0.717) is 26.1 Å². The second kappa shape index (κ2) is 5.40. The molecule has 0 fully saturated rings. The topological polar surface area (TPSA) is 35.0 Å². The van der Waals surface area contributed by atoms with E-state index in [2.05, 4.69) is 25.9 Å². The Kier molecular flexibility index (Phi) is 4.09. The minimum atomic E-state index is 0.267. The first-order valence-corrected chi connectivity index (χ1v) is 6.29. The van der Waals surface area contributed by atoms with Crippen LogP contribution in [0.25, 0.3) is 0 Å². The predicted octanol–water partition coefficient (Wildman–Crippen LogP) is 4.99. The van der Waals surface area contributed by atoms with Crippen molar-refractivity contribution >= 4 is 50.7 Å². The molecule has 17 heavy (non-hydrogen) atoms. The van der Waals surface area contributed by atoms with Crippen LogP contribution < -0.4 is 4.74 Å². The van der Waals surface area contributed by atoms with Crippen molar-refractivity contribution in [1.29, 1.82) is 0 Å². The molecule has 0 saturated carbocycles. The molecule has 0 spiro atoms. The van der Waals surface area contributed by atoms with Gasteiger partial charge in [0, 0.05) is 10.0 Å². The van der Waals surface area contributed by atoms with Gasteiger partial charge in [0.25, 0.3) is 0 Å². The molecule has 0 saturated heterocycles. The summed E-state index contributed by atoms with van der Waals surface area (Å²) in [6.45, 7) is 0. The van der Waals surface area contributed by atoms with Crippen molar-refractivity contribution in [2.45, 2.75) is 0 Å². The summed E-state index contributed by atoms with van der Waals surface area (Å²) < 4.78 is 5.97. The SMILES string of the molecule is Clc1cc(Cl)cc(Oc2ncnc(Cl)c2Br)c1. The maximum absolute atomic E-state index is 5.85. The molecule has 0 amide bonds. The first-order valence-electron chi connectivity index (χ1n) is 4.36. The van der Waals surface area contributed by atoms with Crippen LogP contribution in [0.4, 0.5) is 0 Å². The Morgan fingerprint density at radius 1 is 1.00 bits per heavy atom. The maximum atomic E-state index is 5.85. The van der Waals surface area contributed by atoms with Gasteiger partial charge in [-0.1, -0.05) is 34.8 Å². The van der Waals surface area contributed by atoms with Crippen LogP contribution >= 0.6 is 50.7 Å². The Hall–Kier alpha value is -0.550. The predicted molar refractivity (Wildman–Crippen MR) is 71.3 cm³/mol. The van der Waals surface area contributed by atoms with Crippen molar-refractivity contribution in [2.24, 2.45) is 0 Å². The van der Waals surface area contributed by atoms with E-state index < -0.39 is 0 Å². The number of nitrogens with zero attached hydrogens (tertiary/aromatic N) is 2. The number of benzene rings is 1. The third-order valence-electron chi connectivity index (χ3n) is 1.77. The number of halogens is 4. The molecule has 1 aromatic carbocycles. The highest BCUT2D eigenvalue weighted by Gasteiger charge is 2.09. The molecule has 0 atom stereocenters. The highest BCUT2D eigenvalue weighted by Crippen LogP contribution is 2.33. The summed E-state index contributed by atoms with van der Waals surface area (Å²) in [6.07, 6.45) is 1.30. The maximum Gasteiger partial charge on any atom is 0.238 e. The van der Waals surface area contributed by atoms with Crippen LogP contribution in [0.2, 0.25) is 15.2 Å². The first kappa shape index (κ1) is 12.9. The van der Waals surface area contributed by atoms with Crippen LogP contribution in [0, 0.1) is 0 Å². The third-order valence-corrected chi connectivity index (χ3v) is 3.43. The summed E-state index contributed by atoms with van der Waals surface area (Å²) in [4.78, 5) is 7.73. The van der Waals surface area contributed by atoms with Gasteiger partial charge >= 0.3 is 0 Å². The zero-order valence-corrected chi connectivity index (χ0v) is 12.0. The van der Waals surface area contributed by atoms with Crippen molar-refractivity contribution in [3.8, 4) is 11.6 Å². The lowest BCUT2D eigenvalue weighted by Gasteiger charge is -2.07. The lowest BCUT2D eigenvalue weighted by atomic mass is 10.3. The molecule has 0 radical (unpaired) electrons. The molecule has 88 valence electrons. The second-order valence-electron chi connectivity index (χ2n) is 2.99. The Balaban J connectivity index is 2.34. The minimum Gasteiger partial charge on any atom is -0.438 e. The van der Waals surface area contributed by atoms with Crippen molar-refractivity contribution in [2.75, 3.05) is 0 Å². The van der Waals surface area contributed by atoms with Crippen molar-refractivity contribution < 1.29 is 4.74 Å². The number of ether oxygens (including phenoxy) is 1. The first-order chi connectivity index (χ1) is 8.06. The molecule has 0 unspecified atom stereocenters. The summed E-state index contributed by atoms with van der Waals surface area (Å²) in [6, 6.07) is 4.85. The quantitative estimate of drug-likeness (QED) is 0.713. The van der Waals surface area contributed by atoms with Crippen LogP contribution in [0.3, 0.4) is 0 Å². The van der Waals surface area contributed by atoms with E-state index in [0.717, 1.165) is 0 Å². The van der Waals surface area contributed by atoms with E-state index in [1.54, 1.807) is 18.2 Å². The summed E-state index contributed by atoms with van der Waals surface area (Å²) >= 11 is 20.7. The Labute approximate surface area is 121 Å². The molecule has 2 rings (SSSR count). The number of aromatic nitrogens is 2. The number of hydrogen-bond acceptors (Lipinski definition) is 3. The Bertz CT molecular complexity index is 545. The van der Waals surface area contributed by atoms with Crippen LogP contribution in [-0.4, -0.2) is 9.97 Å². The van der Waals surface area contributed by atoms with Crippen LogP contribution in [-0.2, 0) is 0 Å². The van der Waals surface area contributed by atoms with E-state index in [9.17, 15) is 0 Å². The fourth-order valence-corrected chi connectivity index (χ4v) is 2.02. The van der Waals surface area contributed by atoms with Gasteiger partial charge in [-0.25, -0.2) is 9.97 Å². The molecule has 0 N–H and O–H groups in total. The smallest absolute Gasteiger partial charge is 0.238 e. The molecule has 1 heterocycles. The standard InChI is InChI=1S/C10H4BrCl3N2O/c11-8-9(14)15-4-16-10(8)17-7-2-5(12)1-6(13)3-7/h1-4H. The molecule has 2 aromatic rings. The fourth-order valence-electron chi connectivity index (χ4n) is 1.10. The number of hydrogen-bond donors (Lipinski definition) is 0. The molecular formula is C10H4BrCl3N2O. The van der Waals surface area contributed by atoms with Gasteiger partial charge in [-0.15, -0.1) is 0 Å². The molecule has 3 nitrogen and oxygen atoms in total. The molecule has 0 bridgehead atoms. The lowest BCUT2D eigenvalue weighted by Crippen LogP contribution is -1.91. The van der Waals surface area contributed by atoms with Gasteiger partial charge in [0.2, 0.25) is 5.88 Å². The highest BCUT2D eigenvalue weighted by atomic mass is 79.9. The van der Waals surface area contributed by atoms with Crippen LogP contribution in [0.5, 0.6) is 11.6 Å². The van der Waals surface area contributed by atoms with E-state index in [1.807, 2.05) is 0 Å². The highest BCUT2D eigenvalue weighted by molar-refractivity contribution is 9.10. The molecule has 1 aromatic heterocycles. The van der Waals surface area contributed by atoms with Gasteiger partial charge in [0.05, 0.1) is 0 Å². The Morgan fingerprint density at radius 2 is 1.65 bits per heavy atom. The van der Waals surface area contributed by atoms with Crippen LogP contribution in [0.15, 0.2) is 29.0 Å². The summed E-state index contributed by atoms with van der Waals surface area (Å²) in [5, 5.41) is 1.22. The van der Waals surface area contributed by atoms with E-state index in [1.165, 1.54) is 6.33 Å². The average molecular weight is 354 g/mol. The zero-order valence-electron chi connectivity index (χ0n) is 8.12. The summed E-state index contributed by atoms with van der Waals surface area (Å²) in [5.41, 5.74) is 0. The molecule has 0 aliphatic rings. The van der Waals surface area contributed by atoms with Gasteiger partial charge < -0.3 is 4.74 Å². The summed E-state index contributed by atoms with van der Waals surface area (Å²) in [5.74, 6) is 0.765. The van der Waals surface area contributed by atoms with Gasteiger partial charge in [0.1, 0.15) is 16.5 Å². The largest absolute Gasteiger partial charge is 0.438 e. The normalized spacial score (nSPS) is 10.4. The average Bonchev–Trinajstić information content (AvgIpc) is 2.23. The summed E-state index contributed by atoms with van der Waals surface area (Å²) in [7, 11) is 0. The zero-order chi connectivity index (χ0) is 12.4. The Morgan fingerprint density at radius 3 is 2.29 bits per heavy atom. The van der Waals surface area contributed by atoms with E-state index in [-0.39, 0.29) is 5.15 Å². The van der Waals surface area contributed by atoms with E-state index in [4.69, 9.17) is 39.5 Å². The van der Waals surface area contributed by atoms with Crippen LogP contribution in [0.1, 0.15) is 0 Å². The lowest BCUT2D eigenvalue weighted by molar-refractivity contribution is 0.458. The van der Waals surface area contributed by atoms with E-state index >= 15 is 0 Å². The van der Waals surface area contributed by atoms with Gasteiger partial charge in [-0.2, -0.15) is 0 Å².